The molecule has 1 N–H and O–H groups in total. The van der Waals surface area contributed by atoms with Crippen molar-refractivity contribution in [2.75, 3.05) is 11.9 Å². The number of aryl methyl sites for hydroxylation is 2. The van der Waals surface area contributed by atoms with Crippen molar-refractivity contribution in [1.29, 1.82) is 0 Å². The van der Waals surface area contributed by atoms with E-state index in [4.69, 9.17) is 11.6 Å². The molecule has 3 aromatic carbocycles. The first-order chi connectivity index (χ1) is 14.4. The molecule has 1 heterocycles. The largest absolute Gasteiger partial charge is 0.324 e. The molecular formula is C23H21ClN2O3S. The molecule has 1 aliphatic heterocycles. The van der Waals surface area contributed by atoms with Crippen LogP contribution in [0.25, 0.3) is 10.8 Å². The molecule has 1 atom stereocenters. The molecule has 1 saturated heterocycles. The van der Waals surface area contributed by atoms with Gasteiger partial charge in [0.25, 0.3) is 0 Å². The Balaban J connectivity index is 1.44. The lowest BCUT2D eigenvalue weighted by Gasteiger charge is -2.24. The van der Waals surface area contributed by atoms with Crippen molar-refractivity contribution in [3.63, 3.8) is 0 Å². The molecule has 154 valence electrons. The molecule has 1 amide bonds. The summed E-state index contributed by atoms with van der Waals surface area (Å²) in [6.45, 7) is 0.326. The molecule has 7 heteroatoms. The van der Waals surface area contributed by atoms with Crippen LogP contribution < -0.4 is 5.32 Å². The van der Waals surface area contributed by atoms with Gasteiger partial charge in [0.1, 0.15) is 6.04 Å². The van der Waals surface area contributed by atoms with Gasteiger partial charge in [0, 0.05) is 22.6 Å². The first-order valence-corrected chi connectivity index (χ1v) is 11.9. The zero-order valence-electron chi connectivity index (χ0n) is 16.3. The summed E-state index contributed by atoms with van der Waals surface area (Å²) in [5.41, 5.74) is 3.33. The highest BCUT2D eigenvalue weighted by Gasteiger charge is 2.39. The Bertz CT molecular complexity index is 1250. The Morgan fingerprint density at radius 2 is 1.73 bits per heavy atom. The topological polar surface area (TPSA) is 66.5 Å². The molecule has 30 heavy (non-hydrogen) atoms. The Kier molecular flexibility index (Phi) is 4.81. The third kappa shape index (κ3) is 3.20. The van der Waals surface area contributed by atoms with Crippen LogP contribution in [0, 0.1) is 0 Å². The maximum atomic E-state index is 13.1. The molecule has 2 aliphatic rings. The van der Waals surface area contributed by atoms with Crippen molar-refractivity contribution in [2.24, 2.45) is 0 Å². The van der Waals surface area contributed by atoms with Gasteiger partial charge in [0.05, 0.1) is 4.90 Å². The van der Waals surface area contributed by atoms with E-state index in [0.29, 0.717) is 24.4 Å². The van der Waals surface area contributed by atoms with E-state index in [1.807, 2.05) is 18.2 Å². The van der Waals surface area contributed by atoms with Crippen LogP contribution in [0.2, 0.25) is 5.02 Å². The van der Waals surface area contributed by atoms with E-state index in [2.05, 4.69) is 17.4 Å². The highest BCUT2D eigenvalue weighted by molar-refractivity contribution is 7.89. The summed E-state index contributed by atoms with van der Waals surface area (Å²) in [5.74, 6) is -0.288. The first-order valence-electron chi connectivity index (χ1n) is 10.1. The number of carbonyl (C=O) groups is 1. The monoisotopic (exact) mass is 440 g/mol. The number of benzene rings is 3. The maximum absolute atomic E-state index is 13.1. The minimum atomic E-state index is -3.77. The minimum Gasteiger partial charge on any atom is -0.324 e. The Labute approximate surface area is 180 Å². The maximum Gasteiger partial charge on any atom is 0.243 e. The molecule has 0 saturated carbocycles. The van der Waals surface area contributed by atoms with Crippen LogP contribution in [0.3, 0.4) is 0 Å². The van der Waals surface area contributed by atoms with Crippen LogP contribution in [-0.4, -0.2) is 31.2 Å². The minimum absolute atomic E-state index is 0.150. The van der Waals surface area contributed by atoms with Gasteiger partial charge in [0.2, 0.25) is 15.9 Å². The summed E-state index contributed by atoms with van der Waals surface area (Å²) in [7, 11) is -3.77. The van der Waals surface area contributed by atoms with Crippen LogP contribution in [0.4, 0.5) is 5.69 Å². The molecule has 0 bridgehead atoms. The van der Waals surface area contributed by atoms with Crippen LogP contribution >= 0.6 is 11.6 Å². The number of carbonyl (C=O) groups excluding carboxylic acids is 1. The SMILES string of the molecule is O=C(Nc1ccc2c3c(cccc13)CC2)[C@@H]1CCCN1S(=O)(=O)c1ccc(Cl)cc1. The van der Waals surface area contributed by atoms with Gasteiger partial charge in [0.15, 0.2) is 0 Å². The Morgan fingerprint density at radius 1 is 1.00 bits per heavy atom. The van der Waals surface area contributed by atoms with E-state index in [1.165, 1.54) is 33.0 Å². The number of hydrogen-bond donors (Lipinski definition) is 1. The zero-order valence-corrected chi connectivity index (χ0v) is 17.8. The van der Waals surface area contributed by atoms with Gasteiger partial charge < -0.3 is 5.32 Å². The van der Waals surface area contributed by atoms with E-state index in [0.717, 1.165) is 23.9 Å². The predicted octanol–water partition coefficient (Wildman–Crippen LogP) is 4.38. The molecular weight excluding hydrogens is 420 g/mol. The summed E-state index contributed by atoms with van der Waals surface area (Å²) < 4.78 is 27.6. The molecule has 5 nitrogen and oxygen atoms in total. The quantitative estimate of drug-likeness (QED) is 0.654. The summed E-state index contributed by atoms with van der Waals surface area (Å²) in [4.78, 5) is 13.3. The first kappa shape index (κ1) is 19.5. The molecule has 1 aliphatic carbocycles. The lowest BCUT2D eigenvalue weighted by atomic mass is 10.0. The number of sulfonamides is 1. The third-order valence-corrected chi connectivity index (χ3v) is 8.24. The Hall–Kier alpha value is -2.41. The summed E-state index contributed by atoms with van der Waals surface area (Å²) in [6.07, 6.45) is 3.17. The molecule has 0 radical (unpaired) electrons. The standard InChI is InChI=1S/C23H21ClN2O3S/c24-17-9-11-18(12-10-17)30(28,29)26-14-2-5-21(26)23(27)25-20-13-8-16-7-6-15-3-1-4-19(20)22(15)16/h1,3-4,8-13,21H,2,5-7,14H2,(H,25,27)/t21-/m0/s1. The third-order valence-electron chi connectivity index (χ3n) is 6.06. The van der Waals surface area contributed by atoms with Gasteiger partial charge in [-0.3, -0.25) is 4.79 Å². The zero-order chi connectivity index (χ0) is 20.9. The van der Waals surface area contributed by atoms with Crippen molar-refractivity contribution < 1.29 is 13.2 Å². The number of anilines is 1. The van der Waals surface area contributed by atoms with Gasteiger partial charge in [-0.1, -0.05) is 35.9 Å². The van der Waals surface area contributed by atoms with E-state index in [-0.39, 0.29) is 10.8 Å². The molecule has 0 aromatic heterocycles. The Morgan fingerprint density at radius 3 is 2.50 bits per heavy atom. The van der Waals surface area contributed by atoms with Gasteiger partial charge in [-0.15, -0.1) is 0 Å². The second-order valence-electron chi connectivity index (χ2n) is 7.83. The lowest BCUT2D eigenvalue weighted by Crippen LogP contribution is -2.43. The second kappa shape index (κ2) is 7.38. The van der Waals surface area contributed by atoms with E-state index in [9.17, 15) is 13.2 Å². The number of amides is 1. The lowest BCUT2D eigenvalue weighted by molar-refractivity contribution is -0.119. The van der Waals surface area contributed by atoms with Crippen LogP contribution in [0.1, 0.15) is 24.0 Å². The van der Waals surface area contributed by atoms with Gasteiger partial charge >= 0.3 is 0 Å². The molecule has 5 rings (SSSR count). The van der Waals surface area contributed by atoms with Crippen molar-refractivity contribution >= 4 is 44.0 Å². The number of nitrogens with zero attached hydrogens (tertiary/aromatic N) is 1. The van der Waals surface area contributed by atoms with Crippen LogP contribution in [-0.2, 0) is 27.7 Å². The fourth-order valence-corrected chi connectivity index (χ4v) is 6.39. The van der Waals surface area contributed by atoms with Gasteiger partial charge in [-0.25, -0.2) is 8.42 Å². The molecule has 0 spiro atoms. The van der Waals surface area contributed by atoms with Crippen molar-refractivity contribution in [2.45, 2.75) is 36.6 Å². The normalized spacial score (nSPS) is 18.8. The average Bonchev–Trinajstić information content (AvgIpc) is 3.39. The van der Waals surface area contributed by atoms with Crippen molar-refractivity contribution in [1.82, 2.24) is 4.31 Å². The van der Waals surface area contributed by atoms with Crippen LogP contribution in [0.15, 0.2) is 59.5 Å². The van der Waals surface area contributed by atoms with E-state index >= 15 is 0 Å². The van der Waals surface area contributed by atoms with E-state index < -0.39 is 16.1 Å². The fraction of sp³-hybridized carbons (Fsp3) is 0.261. The smallest absolute Gasteiger partial charge is 0.243 e. The van der Waals surface area contributed by atoms with Crippen molar-refractivity contribution in [3.05, 3.63) is 70.7 Å². The highest BCUT2D eigenvalue weighted by Crippen LogP contribution is 2.35. The van der Waals surface area contributed by atoms with Gasteiger partial charge in [-0.05, 0) is 72.5 Å². The molecule has 3 aromatic rings. The number of rotatable bonds is 4. The predicted molar refractivity (Wildman–Crippen MR) is 118 cm³/mol. The number of halogens is 1. The van der Waals surface area contributed by atoms with Gasteiger partial charge in [-0.2, -0.15) is 4.31 Å². The molecule has 1 fully saturated rings. The summed E-state index contributed by atoms with van der Waals surface area (Å²) in [6, 6.07) is 15.5. The second-order valence-corrected chi connectivity index (χ2v) is 10.2. The molecule has 0 unspecified atom stereocenters. The van der Waals surface area contributed by atoms with Crippen molar-refractivity contribution in [3.8, 4) is 0 Å². The highest BCUT2D eigenvalue weighted by atomic mass is 35.5. The summed E-state index contributed by atoms with van der Waals surface area (Å²) >= 11 is 5.89. The fourth-order valence-electron chi connectivity index (χ4n) is 4.60. The van der Waals surface area contributed by atoms with Crippen LogP contribution in [0.5, 0.6) is 0 Å². The number of nitrogens with one attached hydrogen (secondary N) is 1. The average molecular weight is 441 g/mol. The van der Waals surface area contributed by atoms with E-state index in [1.54, 1.807) is 12.1 Å². The summed E-state index contributed by atoms with van der Waals surface area (Å²) in [5, 5.41) is 5.70. The number of hydrogen-bond acceptors (Lipinski definition) is 3.